The minimum atomic E-state index is -0.102. The molecule has 0 aliphatic heterocycles. The van der Waals surface area contributed by atoms with Crippen molar-refractivity contribution in [3.05, 3.63) is 54.2 Å². The molecule has 2 aromatic heterocycles. The molecule has 0 bridgehead atoms. The Morgan fingerprint density at radius 1 is 1.22 bits per heavy atom. The van der Waals surface area contributed by atoms with Crippen LogP contribution >= 0.6 is 11.8 Å². The van der Waals surface area contributed by atoms with E-state index in [0.717, 1.165) is 28.5 Å². The first kappa shape index (κ1) is 15.6. The molecule has 3 aromatic rings. The Bertz CT molecular complexity index is 801. The summed E-state index contributed by atoms with van der Waals surface area (Å²) in [4.78, 5) is 21.2. The third-order valence-corrected chi connectivity index (χ3v) is 4.52. The van der Waals surface area contributed by atoms with Crippen LogP contribution in [0.15, 0.2) is 53.8 Å². The summed E-state index contributed by atoms with van der Waals surface area (Å²) in [6.45, 7) is 2.49. The Hall–Kier alpha value is -2.34. The fourth-order valence-electron chi connectivity index (χ4n) is 2.23. The van der Waals surface area contributed by atoms with Gasteiger partial charge in [-0.2, -0.15) is 0 Å². The van der Waals surface area contributed by atoms with E-state index in [9.17, 15) is 4.79 Å². The van der Waals surface area contributed by atoms with E-state index in [1.165, 1.54) is 0 Å². The van der Waals surface area contributed by atoms with Gasteiger partial charge in [0, 0.05) is 17.5 Å². The lowest BCUT2D eigenvalue weighted by Gasteiger charge is -2.09. The van der Waals surface area contributed by atoms with E-state index in [1.807, 2.05) is 34.9 Å². The highest BCUT2D eigenvalue weighted by molar-refractivity contribution is 7.99. The van der Waals surface area contributed by atoms with Crippen LogP contribution < -0.4 is 5.32 Å². The summed E-state index contributed by atoms with van der Waals surface area (Å²) in [7, 11) is 0. The van der Waals surface area contributed by atoms with E-state index in [0.29, 0.717) is 12.2 Å². The molecule has 0 saturated heterocycles. The molecule has 1 aromatic carbocycles. The molecule has 5 nitrogen and oxygen atoms in total. The van der Waals surface area contributed by atoms with Crippen LogP contribution in [0.5, 0.6) is 0 Å². The number of pyridine rings is 1. The largest absolute Gasteiger partial charge is 0.334 e. The molecule has 0 aliphatic rings. The predicted molar refractivity (Wildman–Crippen MR) is 92.5 cm³/mol. The fraction of sp³-hybridized carbons (Fsp3) is 0.235. The van der Waals surface area contributed by atoms with E-state index >= 15 is 0 Å². The average molecular weight is 326 g/mol. The topological polar surface area (TPSA) is 59.8 Å². The maximum atomic E-state index is 12.2. The second kappa shape index (κ2) is 7.28. The summed E-state index contributed by atoms with van der Waals surface area (Å²) in [5, 5.41) is 3.82. The number of fused-ring (bicyclic) bond motifs is 1. The Kier molecular flexibility index (Phi) is 4.92. The van der Waals surface area contributed by atoms with Crippen molar-refractivity contribution in [2.75, 3.05) is 5.75 Å². The Labute approximate surface area is 139 Å². The number of nitrogens with zero attached hydrogens (tertiary/aromatic N) is 3. The second-order valence-electron chi connectivity index (χ2n) is 5.05. The van der Waals surface area contributed by atoms with Crippen LogP contribution in [0.25, 0.3) is 11.2 Å². The van der Waals surface area contributed by atoms with Crippen LogP contribution in [0.4, 0.5) is 0 Å². The van der Waals surface area contributed by atoms with Gasteiger partial charge in [-0.25, -0.2) is 9.97 Å². The lowest BCUT2D eigenvalue weighted by Crippen LogP contribution is -2.26. The number of amides is 1. The van der Waals surface area contributed by atoms with Gasteiger partial charge in [-0.05, 0) is 30.7 Å². The molecule has 0 aliphatic carbocycles. The molecule has 0 spiro atoms. The molecule has 6 heteroatoms. The zero-order valence-electron chi connectivity index (χ0n) is 12.9. The van der Waals surface area contributed by atoms with Crippen molar-refractivity contribution >= 4 is 28.8 Å². The van der Waals surface area contributed by atoms with E-state index in [2.05, 4.69) is 22.2 Å². The smallest absolute Gasteiger partial charge is 0.252 e. The monoisotopic (exact) mass is 326 g/mol. The second-order valence-corrected chi connectivity index (χ2v) is 6.11. The zero-order chi connectivity index (χ0) is 16.1. The maximum absolute atomic E-state index is 12.2. The number of rotatable bonds is 6. The molecule has 3 rings (SSSR count). The van der Waals surface area contributed by atoms with E-state index in [1.54, 1.807) is 30.1 Å². The number of thioether (sulfide) groups is 1. The number of hydrogen-bond acceptors (Lipinski definition) is 4. The van der Waals surface area contributed by atoms with Crippen LogP contribution in [0.3, 0.4) is 0 Å². The molecular formula is C17H18N4OS. The first-order valence-electron chi connectivity index (χ1n) is 7.57. The molecule has 118 valence electrons. The summed E-state index contributed by atoms with van der Waals surface area (Å²) < 4.78 is 1.95. The predicted octanol–water partition coefficient (Wildman–Crippen LogP) is 3.32. The van der Waals surface area contributed by atoms with E-state index in [4.69, 9.17) is 0 Å². The fourth-order valence-corrected chi connectivity index (χ4v) is 3.08. The number of carbonyl (C=O) groups is 1. The Balaban J connectivity index is 1.82. The quantitative estimate of drug-likeness (QED) is 0.706. The molecule has 23 heavy (non-hydrogen) atoms. The van der Waals surface area contributed by atoms with Crippen LogP contribution in [-0.2, 0) is 6.67 Å². The van der Waals surface area contributed by atoms with Crippen molar-refractivity contribution in [1.29, 1.82) is 0 Å². The van der Waals surface area contributed by atoms with Gasteiger partial charge in [0.25, 0.3) is 5.91 Å². The maximum Gasteiger partial charge on any atom is 0.252 e. The average Bonchev–Trinajstić information content (AvgIpc) is 2.96. The number of imidazole rings is 1. The molecular weight excluding hydrogens is 308 g/mol. The van der Waals surface area contributed by atoms with Gasteiger partial charge in [0.1, 0.15) is 5.52 Å². The Morgan fingerprint density at radius 2 is 2.04 bits per heavy atom. The first-order chi connectivity index (χ1) is 11.3. The lowest BCUT2D eigenvalue weighted by atomic mass is 10.2. The summed E-state index contributed by atoms with van der Waals surface area (Å²) in [5.41, 5.74) is 2.28. The van der Waals surface area contributed by atoms with Gasteiger partial charge in [0.2, 0.25) is 0 Å². The van der Waals surface area contributed by atoms with Crippen molar-refractivity contribution in [3.8, 4) is 0 Å². The van der Waals surface area contributed by atoms with Gasteiger partial charge in [-0.1, -0.05) is 36.9 Å². The number of benzene rings is 1. The molecule has 0 atom stereocenters. The Morgan fingerprint density at radius 3 is 2.83 bits per heavy atom. The SMILES string of the molecule is CCCSc1nc2cccnc2n1CNC(=O)c1ccccc1. The van der Waals surface area contributed by atoms with Gasteiger partial charge in [-0.3, -0.25) is 9.36 Å². The minimum Gasteiger partial charge on any atom is -0.334 e. The summed E-state index contributed by atoms with van der Waals surface area (Å²) in [5.74, 6) is 0.880. The molecule has 1 N–H and O–H groups in total. The van der Waals surface area contributed by atoms with Crippen molar-refractivity contribution in [3.63, 3.8) is 0 Å². The minimum absolute atomic E-state index is 0.102. The van der Waals surface area contributed by atoms with Gasteiger partial charge in [0.15, 0.2) is 10.8 Å². The van der Waals surface area contributed by atoms with Gasteiger partial charge >= 0.3 is 0 Å². The molecule has 0 fully saturated rings. The summed E-state index contributed by atoms with van der Waals surface area (Å²) >= 11 is 1.68. The van der Waals surface area contributed by atoms with Crippen LogP contribution in [0, 0.1) is 0 Å². The standard InChI is InChI=1S/C17H18N4OS/c1-2-11-23-17-20-14-9-6-10-18-15(14)21(17)12-19-16(22)13-7-4-3-5-8-13/h3-10H,2,11-12H2,1H3,(H,19,22). The van der Waals surface area contributed by atoms with Crippen LogP contribution in [0.1, 0.15) is 23.7 Å². The van der Waals surface area contributed by atoms with Gasteiger partial charge in [-0.15, -0.1) is 0 Å². The first-order valence-corrected chi connectivity index (χ1v) is 8.55. The molecule has 1 amide bonds. The van der Waals surface area contributed by atoms with Crippen molar-refractivity contribution < 1.29 is 4.79 Å². The molecule has 0 saturated carbocycles. The highest BCUT2D eigenvalue weighted by atomic mass is 32.2. The number of hydrogen-bond donors (Lipinski definition) is 1. The zero-order valence-corrected chi connectivity index (χ0v) is 13.7. The number of aromatic nitrogens is 3. The van der Waals surface area contributed by atoms with Crippen LogP contribution in [0.2, 0.25) is 0 Å². The van der Waals surface area contributed by atoms with E-state index < -0.39 is 0 Å². The van der Waals surface area contributed by atoms with Crippen molar-refractivity contribution in [2.24, 2.45) is 0 Å². The van der Waals surface area contributed by atoms with Crippen LogP contribution in [-0.4, -0.2) is 26.2 Å². The summed E-state index contributed by atoms with van der Waals surface area (Å²) in [6, 6.07) is 13.0. The highest BCUT2D eigenvalue weighted by Crippen LogP contribution is 2.22. The third kappa shape index (κ3) is 3.53. The highest BCUT2D eigenvalue weighted by Gasteiger charge is 2.13. The third-order valence-electron chi connectivity index (χ3n) is 3.34. The number of nitrogens with one attached hydrogen (secondary N) is 1. The summed E-state index contributed by atoms with van der Waals surface area (Å²) in [6.07, 6.45) is 2.81. The van der Waals surface area contributed by atoms with Gasteiger partial charge in [0.05, 0.1) is 6.67 Å². The molecule has 0 radical (unpaired) electrons. The van der Waals surface area contributed by atoms with Crippen molar-refractivity contribution in [1.82, 2.24) is 19.9 Å². The lowest BCUT2D eigenvalue weighted by molar-refractivity contribution is 0.0941. The molecule has 2 heterocycles. The van der Waals surface area contributed by atoms with E-state index in [-0.39, 0.29) is 5.91 Å². The molecule has 0 unspecified atom stereocenters. The normalized spacial score (nSPS) is 10.8. The number of carbonyl (C=O) groups excluding carboxylic acids is 1. The van der Waals surface area contributed by atoms with Gasteiger partial charge < -0.3 is 5.32 Å². The van der Waals surface area contributed by atoms with Crippen molar-refractivity contribution in [2.45, 2.75) is 25.2 Å².